The molecule has 0 aromatic rings. The summed E-state index contributed by atoms with van der Waals surface area (Å²) in [4.78, 5) is 38.1. The Morgan fingerprint density at radius 3 is 1.00 bits per heavy atom. The van der Waals surface area contributed by atoms with Gasteiger partial charge in [-0.2, -0.15) is 0 Å². The zero-order chi connectivity index (χ0) is 47.9. The Kier molecular flexibility index (Phi) is 51.4. The van der Waals surface area contributed by atoms with Gasteiger partial charge in [-0.25, -0.2) is 0 Å². The summed E-state index contributed by atoms with van der Waals surface area (Å²) in [6.07, 6.45) is 70.0. The van der Waals surface area contributed by atoms with Gasteiger partial charge in [0.2, 0.25) is 0 Å². The molecule has 0 radical (unpaired) electrons. The van der Waals surface area contributed by atoms with Gasteiger partial charge < -0.3 is 14.2 Å². The smallest absolute Gasteiger partial charge is 0.306 e. The van der Waals surface area contributed by atoms with Gasteiger partial charge in [-0.3, -0.25) is 14.4 Å². The van der Waals surface area contributed by atoms with Crippen LogP contribution in [0.1, 0.15) is 258 Å². The largest absolute Gasteiger partial charge is 0.462 e. The van der Waals surface area contributed by atoms with Crippen molar-refractivity contribution in [3.63, 3.8) is 0 Å². The van der Waals surface area contributed by atoms with Crippen molar-refractivity contribution in [2.75, 3.05) is 13.2 Å². The third-order valence-electron chi connectivity index (χ3n) is 11.6. The predicted molar refractivity (Wildman–Crippen MR) is 284 cm³/mol. The molecule has 0 aliphatic rings. The average Bonchev–Trinajstić information content (AvgIpc) is 3.31. The second kappa shape index (κ2) is 54.2. The molecule has 0 N–H and O–H groups in total. The van der Waals surface area contributed by atoms with Gasteiger partial charge in [0.05, 0.1) is 0 Å². The Labute approximate surface area is 407 Å². The zero-order valence-corrected chi connectivity index (χ0v) is 43.2. The summed E-state index contributed by atoms with van der Waals surface area (Å²) >= 11 is 0. The molecular weight excluding hydrogens is 817 g/mol. The molecule has 0 saturated heterocycles. The van der Waals surface area contributed by atoms with Crippen LogP contribution < -0.4 is 0 Å². The second-order valence-corrected chi connectivity index (χ2v) is 18.1. The van der Waals surface area contributed by atoms with Crippen molar-refractivity contribution in [1.82, 2.24) is 0 Å². The summed E-state index contributed by atoms with van der Waals surface area (Å²) in [6.45, 7) is 6.45. The second-order valence-electron chi connectivity index (χ2n) is 18.1. The van der Waals surface area contributed by atoms with E-state index >= 15 is 0 Å². The standard InChI is InChI=1S/C60H102O6/c1-4-7-10-13-16-19-22-25-28-30-33-35-38-41-44-47-50-53-59(62)65-56-57(55-64-58(61)52-49-46-43-40-37-34-31-27-24-21-18-15-12-9-6-3)66-60(63)54-51-48-45-42-39-36-32-29-26-23-20-17-14-11-8-5-2/h9,12,16,18-19,21,25,27-29,31-32,37,40,57H,4-8,10-11,13-15,17,20,22-24,26,30,33-36,38-39,41-56H2,1-3H3/b12-9-,19-16-,21-18-,28-25-,31-27-,32-29-,40-37-. The van der Waals surface area contributed by atoms with Crippen LogP contribution in [0.15, 0.2) is 85.1 Å². The van der Waals surface area contributed by atoms with E-state index < -0.39 is 6.10 Å². The Morgan fingerprint density at radius 1 is 0.318 bits per heavy atom. The van der Waals surface area contributed by atoms with E-state index in [9.17, 15) is 14.4 Å². The number of esters is 3. The molecule has 0 amide bonds. The van der Waals surface area contributed by atoms with Gasteiger partial charge in [0.25, 0.3) is 0 Å². The maximum atomic E-state index is 12.8. The molecule has 6 heteroatoms. The molecule has 6 nitrogen and oxygen atoms in total. The third-order valence-corrected chi connectivity index (χ3v) is 11.6. The Bertz CT molecular complexity index is 1290. The van der Waals surface area contributed by atoms with E-state index in [-0.39, 0.29) is 31.1 Å². The number of carbonyl (C=O) groups is 3. The Hall–Kier alpha value is -3.41. The minimum absolute atomic E-state index is 0.0974. The molecule has 0 spiro atoms. The van der Waals surface area contributed by atoms with E-state index in [0.29, 0.717) is 19.3 Å². The summed E-state index contributed by atoms with van der Waals surface area (Å²) in [5.41, 5.74) is 0. The summed E-state index contributed by atoms with van der Waals surface area (Å²) in [5.74, 6) is -0.953. The molecule has 0 aromatic carbocycles. The molecule has 0 aromatic heterocycles. The van der Waals surface area contributed by atoms with Crippen LogP contribution in [0.25, 0.3) is 0 Å². The number of hydrogen-bond donors (Lipinski definition) is 0. The minimum Gasteiger partial charge on any atom is -0.462 e. The lowest BCUT2D eigenvalue weighted by atomic mass is 10.1. The summed E-state index contributed by atoms with van der Waals surface area (Å²) < 4.78 is 16.8. The van der Waals surface area contributed by atoms with Gasteiger partial charge in [0, 0.05) is 19.3 Å². The van der Waals surface area contributed by atoms with E-state index in [1.807, 2.05) is 0 Å². The average molecular weight is 919 g/mol. The Morgan fingerprint density at radius 2 is 0.591 bits per heavy atom. The van der Waals surface area contributed by atoms with Gasteiger partial charge in [-0.1, -0.05) is 209 Å². The maximum Gasteiger partial charge on any atom is 0.306 e. The van der Waals surface area contributed by atoms with Gasteiger partial charge in [-0.05, 0) is 116 Å². The van der Waals surface area contributed by atoms with Gasteiger partial charge >= 0.3 is 17.9 Å². The van der Waals surface area contributed by atoms with Crippen LogP contribution in [-0.2, 0) is 28.6 Å². The number of ether oxygens (including phenoxy) is 3. The van der Waals surface area contributed by atoms with Gasteiger partial charge in [0.15, 0.2) is 6.10 Å². The van der Waals surface area contributed by atoms with Crippen molar-refractivity contribution in [2.24, 2.45) is 0 Å². The van der Waals surface area contributed by atoms with Gasteiger partial charge in [-0.15, -0.1) is 0 Å². The number of unbranched alkanes of at least 4 members (excludes halogenated alkanes) is 24. The van der Waals surface area contributed by atoms with Crippen LogP contribution in [-0.4, -0.2) is 37.2 Å². The Balaban J connectivity index is 4.47. The van der Waals surface area contributed by atoms with Crippen LogP contribution in [0.3, 0.4) is 0 Å². The van der Waals surface area contributed by atoms with Crippen molar-refractivity contribution in [3.05, 3.63) is 85.1 Å². The molecule has 0 rings (SSSR count). The fourth-order valence-electron chi connectivity index (χ4n) is 7.46. The normalized spacial score (nSPS) is 12.7. The van der Waals surface area contributed by atoms with Crippen LogP contribution >= 0.6 is 0 Å². The summed E-state index contributed by atoms with van der Waals surface area (Å²) in [7, 11) is 0. The van der Waals surface area contributed by atoms with Crippen molar-refractivity contribution in [3.8, 4) is 0 Å². The van der Waals surface area contributed by atoms with E-state index in [4.69, 9.17) is 14.2 Å². The maximum absolute atomic E-state index is 12.8. The fraction of sp³-hybridized carbons (Fsp3) is 0.717. The lowest BCUT2D eigenvalue weighted by Gasteiger charge is -2.18. The number of allylic oxidation sites excluding steroid dienone is 14. The number of carbonyl (C=O) groups excluding carboxylic acids is 3. The monoisotopic (exact) mass is 919 g/mol. The first-order valence-corrected chi connectivity index (χ1v) is 27.6. The van der Waals surface area contributed by atoms with Crippen LogP contribution in [0.2, 0.25) is 0 Å². The van der Waals surface area contributed by atoms with Crippen molar-refractivity contribution >= 4 is 17.9 Å². The number of hydrogen-bond acceptors (Lipinski definition) is 6. The van der Waals surface area contributed by atoms with Crippen LogP contribution in [0.4, 0.5) is 0 Å². The highest BCUT2D eigenvalue weighted by Crippen LogP contribution is 2.14. The first kappa shape index (κ1) is 62.6. The highest BCUT2D eigenvalue weighted by molar-refractivity contribution is 5.71. The van der Waals surface area contributed by atoms with E-state index in [2.05, 4.69) is 106 Å². The fourth-order valence-corrected chi connectivity index (χ4v) is 7.46. The minimum atomic E-state index is -0.801. The quantitative estimate of drug-likeness (QED) is 0.0262. The molecule has 0 saturated carbocycles. The molecule has 0 aliphatic heterocycles. The molecule has 1 atom stereocenters. The first-order chi connectivity index (χ1) is 32.5. The summed E-state index contributed by atoms with van der Waals surface area (Å²) in [6, 6.07) is 0. The lowest BCUT2D eigenvalue weighted by Crippen LogP contribution is -2.30. The highest BCUT2D eigenvalue weighted by Gasteiger charge is 2.19. The van der Waals surface area contributed by atoms with Crippen LogP contribution in [0.5, 0.6) is 0 Å². The van der Waals surface area contributed by atoms with E-state index in [0.717, 1.165) is 109 Å². The highest BCUT2D eigenvalue weighted by atomic mass is 16.6. The molecule has 0 bridgehead atoms. The molecule has 1 unspecified atom stereocenters. The molecular formula is C60H102O6. The lowest BCUT2D eigenvalue weighted by molar-refractivity contribution is -0.167. The van der Waals surface area contributed by atoms with Crippen molar-refractivity contribution in [1.29, 1.82) is 0 Å². The molecule has 66 heavy (non-hydrogen) atoms. The third kappa shape index (κ3) is 51.6. The summed E-state index contributed by atoms with van der Waals surface area (Å²) in [5, 5.41) is 0. The molecule has 0 heterocycles. The van der Waals surface area contributed by atoms with Crippen molar-refractivity contribution < 1.29 is 28.6 Å². The number of rotatable bonds is 49. The molecule has 378 valence electrons. The molecule has 0 fully saturated rings. The van der Waals surface area contributed by atoms with Crippen LogP contribution in [0, 0.1) is 0 Å². The zero-order valence-electron chi connectivity index (χ0n) is 43.2. The SMILES string of the molecule is CC/C=C\C/C=C\C/C=C\C/C=C\CCCCC(=O)OCC(COC(=O)CCCCCCCCC/C=C\C/C=C\CCCCC)OC(=O)CCCCCCC/C=C\CCCCCCCCC. The van der Waals surface area contributed by atoms with E-state index in [1.54, 1.807) is 0 Å². The molecule has 0 aliphatic carbocycles. The topological polar surface area (TPSA) is 78.9 Å². The van der Waals surface area contributed by atoms with Gasteiger partial charge in [0.1, 0.15) is 13.2 Å². The van der Waals surface area contributed by atoms with E-state index in [1.165, 1.54) is 109 Å². The predicted octanol–water partition coefficient (Wildman–Crippen LogP) is 18.4. The first-order valence-electron chi connectivity index (χ1n) is 27.6. The van der Waals surface area contributed by atoms with Crippen molar-refractivity contribution in [2.45, 2.75) is 264 Å².